The van der Waals surface area contributed by atoms with E-state index < -0.39 is 0 Å². The molecule has 2 rings (SSSR count). The predicted molar refractivity (Wildman–Crippen MR) is 83.4 cm³/mol. The molecule has 1 saturated carbocycles. The van der Waals surface area contributed by atoms with Crippen molar-refractivity contribution in [3.8, 4) is 0 Å². The average molecular weight is 309 g/mol. The van der Waals surface area contributed by atoms with E-state index in [-0.39, 0.29) is 11.2 Å². The van der Waals surface area contributed by atoms with Gasteiger partial charge in [-0.3, -0.25) is 4.79 Å². The molecule has 21 heavy (non-hydrogen) atoms. The van der Waals surface area contributed by atoms with Gasteiger partial charge in [0.15, 0.2) is 5.16 Å². The fraction of sp³-hybridized carbons (Fsp3) is 0.667. The minimum Gasteiger partial charge on any atom is -0.465 e. The third kappa shape index (κ3) is 4.33. The van der Waals surface area contributed by atoms with Crippen molar-refractivity contribution >= 4 is 17.7 Å². The van der Waals surface area contributed by atoms with Crippen LogP contribution in [0.2, 0.25) is 0 Å². The van der Waals surface area contributed by atoms with Crippen LogP contribution >= 0.6 is 11.8 Å². The molecule has 116 valence electrons. The Kier molecular flexibility index (Phi) is 5.85. The molecule has 1 atom stereocenters. The summed E-state index contributed by atoms with van der Waals surface area (Å²) in [6, 6.07) is 0. The van der Waals surface area contributed by atoms with Crippen LogP contribution < -0.4 is 0 Å². The van der Waals surface area contributed by atoms with Gasteiger partial charge in [0.05, 0.1) is 6.61 Å². The number of unbranched alkanes of at least 4 members (excludes halogenated alkanes) is 1. The van der Waals surface area contributed by atoms with Crippen molar-refractivity contribution in [2.45, 2.75) is 62.4 Å². The summed E-state index contributed by atoms with van der Waals surface area (Å²) in [4.78, 5) is 11.9. The molecular weight excluding hydrogens is 286 g/mol. The molecule has 5 nitrogen and oxygen atoms in total. The summed E-state index contributed by atoms with van der Waals surface area (Å²) >= 11 is 1.41. The minimum absolute atomic E-state index is 0.186. The van der Waals surface area contributed by atoms with E-state index in [1.165, 1.54) is 24.6 Å². The van der Waals surface area contributed by atoms with Gasteiger partial charge in [-0.1, -0.05) is 31.2 Å². The maximum absolute atomic E-state index is 11.9. The van der Waals surface area contributed by atoms with E-state index in [4.69, 9.17) is 4.74 Å². The number of hydrogen-bond acceptors (Lipinski definition) is 5. The van der Waals surface area contributed by atoms with Crippen LogP contribution in [0.5, 0.6) is 0 Å². The van der Waals surface area contributed by atoms with E-state index in [9.17, 15) is 4.79 Å². The normalized spacial score (nSPS) is 15.7. The smallest absolute Gasteiger partial charge is 0.319 e. The quantitative estimate of drug-likeness (QED) is 0.303. The van der Waals surface area contributed by atoms with Crippen molar-refractivity contribution in [2.75, 3.05) is 6.61 Å². The van der Waals surface area contributed by atoms with Gasteiger partial charge >= 0.3 is 5.97 Å². The number of nitrogens with zero attached hydrogens (tertiary/aromatic N) is 3. The highest BCUT2D eigenvalue weighted by atomic mass is 32.2. The topological polar surface area (TPSA) is 57.0 Å². The van der Waals surface area contributed by atoms with Crippen molar-refractivity contribution < 1.29 is 9.53 Å². The number of ether oxygens (including phenoxy) is 1. The number of aromatic nitrogens is 3. The van der Waals surface area contributed by atoms with Crippen molar-refractivity contribution in [1.29, 1.82) is 0 Å². The molecule has 0 amide bonds. The minimum atomic E-state index is -0.276. The van der Waals surface area contributed by atoms with Crippen LogP contribution in [0.1, 0.15) is 51.3 Å². The van der Waals surface area contributed by atoms with Gasteiger partial charge in [-0.15, -0.1) is 16.8 Å². The van der Waals surface area contributed by atoms with Gasteiger partial charge in [0, 0.05) is 12.5 Å². The predicted octanol–water partition coefficient (Wildman–Crippen LogP) is 3.17. The Morgan fingerprint density at radius 1 is 1.57 bits per heavy atom. The maximum atomic E-state index is 11.9. The van der Waals surface area contributed by atoms with Gasteiger partial charge in [-0.2, -0.15) is 0 Å². The van der Waals surface area contributed by atoms with Crippen LogP contribution in [0, 0.1) is 0 Å². The molecule has 0 aromatic carbocycles. The molecule has 1 heterocycles. The molecule has 6 heteroatoms. The molecule has 0 bridgehead atoms. The zero-order valence-corrected chi connectivity index (χ0v) is 13.6. The third-order valence-corrected chi connectivity index (χ3v) is 4.41. The molecule has 0 aliphatic heterocycles. The van der Waals surface area contributed by atoms with Gasteiger partial charge in [-0.25, -0.2) is 0 Å². The van der Waals surface area contributed by atoms with Crippen LogP contribution in [0.4, 0.5) is 0 Å². The first kappa shape index (κ1) is 16.1. The van der Waals surface area contributed by atoms with Crippen molar-refractivity contribution in [3.63, 3.8) is 0 Å². The van der Waals surface area contributed by atoms with E-state index in [2.05, 4.69) is 28.3 Å². The number of allylic oxidation sites excluding steroid dienone is 1. The zero-order chi connectivity index (χ0) is 15.2. The number of carbonyl (C=O) groups excluding carboxylic acids is 1. The number of carbonyl (C=O) groups is 1. The molecule has 1 aromatic heterocycles. The van der Waals surface area contributed by atoms with E-state index in [1.54, 1.807) is 0 Å². The maximum Gasteiger partial charge on any atom is 0.319 e. The van der Waals surface area contributed by atoms with Gasteiger partial charge in [0.2, 0.25) is 0 Å². The molecular formula is C15H23N3O2S. The first-order valence-corrected chi connectivity index (χ1v) is 8.42. The van der Waals surface area contributed by atoms with Gasteiger partial charge < -0.3 is 9.30 Å². The molecule has 1 aliphatic rings. The second kappa shape index (κ2) is 7.64. The Bertz CT molecular complexity index is 497. The molecule has 1 unspecified atom stereocenters. The number of hydrogen-bond donors (Lipinski definition) is 0. The summed E-state index contributed by atoms with van der Waals surface area (Å²) in [7, 11) is 0. The van der Waals surface area contributed by atoms with E-state index in [0.717, 1.165) is 23.8 Å². The van der Waals surface area contributed by atoms with Gasteiger partial charge in [-0.05, 0) is 26.2 Å². The lowest BCUT2D eigenvalue weighted by Gasteiger charge is -2.12. The highest BCUT2D eigenvalue weighted by Crippen LogP contribution is 2.40. The fourth-order valence-electron chi connectivity index (χ4n) is 1.97. The van der Waals surface area contributed by atoms with Crippen LogP contribution in [-0.4, -0.2) is 32.6 Å². The van der Waals surface area contributed by atoms with E-state index in [1.807, 2.05) is 13.0 Å². The molecule has 0 saturated heterocycles. The zero-order valence-electron chi connectivity index (χ0n) is 12.7. The Labute approximate surface area is 130 Å². The molecule has 1 aliphatic carbocycles. The summed E-state index contributed by atoms with van der Waals surface area (Å²) in [5, 5.41) is 9.01. The lowest BCUT2D eigenvalue weighted by Crippen LogP contribution is -2.18. The van der Waals surface area contributed by atoms with E-state index in [0.29, 0.717) is 19.1 Å². The Morgan fingerprint density at radius 3 is 2.95 bits per heavy atom. The summed E-state index contributed by atoms with van der Waals surface area (Å²) in [5.74, 6) is 1.36. The molecule has 1 aromatic rings. The molecule has 0 N–H and O–H groups in total. The molecule has 0 spiro atoms. The lowest BCUT2D eigenvalue weighted by atomic mass is 10.4. The monoisotopic (exact) mass is 309 g/mol. The van der Waals surface area contributed by atoms with Crippen molar-refractivity contribution in [1.82, 2.24) is 14.8 Å². The first-order chi connectivity index (χ1) is 10.2. The lowest BCUT2D eigenvalue weighted by molar-refractivity contribution is -0.142. The second-order valence-corrected chi connectivity index (χ2v) is 6.60. The molecule has 1 fully saturated rings. The average Bonchev–Trinajstić information content (AvgIpc) is 3.24. The fourth-order valence-corrected chi connectivity index (χ4v) is 2.84. The van der Waals surface area contributed by atoms with Crippen LogP contribution in [-0.2, 0) is 16.1 Å². The Balaban J connectivity index is 1.97. The number of esters is 1. The molecule has 0 radical (unpaired) electrons. The standard InChI is InChI=1S/C15H23N3O2S/c1-4-6-10-20-14(19)11(3)21-15-17-16-13(12-7-8-12)18(15)9-5-2/h5,11-12H,2,4,6-10H2,1,3H3. The van der Waals surface area contributed by atoms with Crippen molar-refractivity contribution in [2.24, 2.45) is 0 Å². The summed E-state index contributed by atoms with van der Waals surface area (Å²) in [6.45, 7) is 8.88. The highest BCUT2D eigenvalue weighted by Gasteiger charge is 2.31. The summed E-state index contributed by atoms with van der Waals surface area (Å²) in [6.07, 6.45) is 6.11. The van der Waals surface area contributed by atoms with Gasteiger partial charge in [0.1, 0.15) is 11.1 Å². The Morgan fingerprint density at radius 2 is 2.33 bits per heavy atom. The Hall–Kier alpha value is -1.30. The van der Waals surface area contributed by atoms with Crippen molar-refractivity contribution in [3.05, 3.63) is 18.5 Å². The first-order valence-electron chi connectivity index (χ1n) is 7.54. The highest BCUT2D eigenvalue weighted by molar-refractivity contribution is 8.00. The van der Waals surface area contributed by atoms with Gasteiger partial charge in [0.25, 0.3) is 0 Å². The van der Waals surface area contributed by atoms with Crippen LogP contribution in [0.3, 0.4) is 0 Å². The van der Waals surface area contributed by atoms with Crippen LogP contribution in [0.25, 0.3) is 0 Å². The third-order valence-electron chi connectivity index (χ3n) is 3.36. The van der Waals surface area contributed by atoms with E-state index >= 15 is 0 Å². The van der Waals surface area contributed by atoms with Crippen LogP contribution in [0.15, 0.2) is 17.8 Å². The largest absolute Gasteiger partial charge is 0.465 e. The number of rotatable bonds is 9. The summed E-state index contributed by atoms with van der Waals surface area (Å²) < 4.78 is 7.31. The SMILES string of the molecule is C=CCn1c(SC(C)C(=O)OCCCC)nnc1C1CC1. The number of thioether (sulfide) groups is 1. The second-order valence-electron chi connectivity index (χ2n) is 5.30. The summed E-state index contributed by atoms with van der Waals surface area (Å²) in [5.41, 5.74) is 0.